The molecule has 0 radical (unpaired) electrons. The Labute approximate surface area is 124 Å². The largest absolute Gasteiger partial charge is 0.465 e. The molecule has 1 aromatic rings. The van der Waals surface area contributed by atoms with E-state index in [1.165, 1.54) is 7.11 Å². The molecule has 2 rings (SSSR count). The number of ether oxygens (including phenoxy) is 2. The second-order valence-corrected chi connectivity index (χ2v) is 5.24. The van der Waals surface area contributed by atoms with Crippen LogP contribution in [0.3, 0.4) is 0 Å². The molecule has 0 aromatic heterocycles. The molecule has 21 heavy (non-hydrogen) atoms. The molecular weight excluding hydrogens is 270 g/mol. The lowest BCUT2D eigenvalue weighted by molar-refractivity contribution is -0.119. The summed E-state index contributed by atoms with van der Waals surface area (Å²) >= 11 is 0. The third kappa shape index (κ3) is 4.29. The zero-order valence-corrected chi connectivity index (χ0v) is 12.4. The molecule has 1 saturated carbocycles. The van der Waals surface area contributed by atoms with Gasteiger partial charge in [-0.2, -0.15) is 0 Å². The standard InChI is InChI=1S/C16H21NO4/c1-3-21-14-8-11(9-14)10-15(18)17-13-6-4-12(5-7-13)16(19)20-2/h4-7,11,14H,3,8-10H2,1-2H3,(H,17,18). The summed E-state index contributed by atoms with van der Waals surface area (Å²) in [6, 6.07) is 6.67. The second kappa shape index (κ2) is 7.22. The van der Waals surface area contributed by atoms with Gasteiger partial charge in [-0.15, -0.1) is 0 Å². The molecule has 1 amide bonds. The van der Waals surface area contributed by atoms with E-state index >= 15 is 0 Å². The predicted molar refractivity (Wildman–Crippen MR) is 79.2 cm³/mol. The van der Waals surface area contributed by atoms with Crippen LogP contribution < -0.4 is 5.32 Å². The molecule has 0 bridgehead atoms. The average molecular weight is 291 g/mol. The lowest BCUT2D eigenvalue weighted by Gasteiger charge is -2.34. The summed E-state index contributed by atoms with van der Waals surface area (Å²) in [6.07, 6.45) is 2.76. The molecule has 1 aliphatic carbocycles. The van der Waals surface area contributed by atoms with E-state index in [2.05, 4.69) is 10.1 Å². The van der Waals surface area contributed by atoms with Crippen molar-refractivity contribution in [1.82, 2.24) is 0 Å². The topological polar surface area (TPSA) is 64.6 Å². The number of esters is 1. The molecule has 0 saturated heterocycles. The number of carbonyl (C=O) groups excluding carboxylic acids is 2. The van der Waals surface area contributed by atoms with Crippen molar-refractivity contribution in [1.29, 1.82) is 0 Å². The van der Waals surface area contributed by atoms with Gasteiger partial charge in [-0.1, -0.05) is 0 Å². The van der Waals surface area contributed by atoms with Gasteiger partial charge in [0.1, 0.15) is 0 Å². The van der Waals surface area contributed by atoms with Gasteiger partial charge in [0.2, 0.25) is 5.91 Å². The van der Waals surface area contributed by atoms with Gasteiger partial charge in [0.15, 0.2) is 0 Å². The smallest absolute Gasteiger partial charge is 0.337 e. The number of benzene rings is 1. The number of nitrogens with one attached hydrogen (secondary N) is 1. The Morgan fingerprint density at radius 1 is 1.24 bits per heavy atom. The fraction of sp³-hybridized carbons (Fsp3) is 0.500. The Bertz CT molecular complexity index is 492. The van der Waals surface area contributed by atoms with E-state index in [4.69, 9.17) is 4.74 Å². The number of hydrogen-bond acceptors (Lipinski definition) is 4. The maximum Gasteiger partial charge on any atom is 0.337 e. The first-order chi connectivity index (χ1) is 10.1. The van der Waals surface area contributed by atoms with E-state index in [1.54, 1.807) is 24.3 Å². The van der Waals surface area contributed by atoms with Crippen LogP contribution in [-0.2, 0) is 14.3 Å². The Kier molecular flexibility index (Phi) is 5.33. The van der Waals surface area contributed by atoms with Crippen molar-refractivity contribution < 1.29 is 19.1 Å². The molecule has 1 fully saturated rings. The summed E-state index contributed by atoms with van der Waals surface area (Å²) in [6.45, 7) is 2.72. The molecule has 0 unspecified atom stereocenters. The van der Waals surface area contributed by atoms with Crippen molar-refractivity contribution in [2.24, 2.45) is 5.92 Å². The van der Waals surface area contributed by atoms with Crippen LogP contribution in [0.5, 0.6) is 0 Å². The van der Waals surface area contributed by atoms with Crippen LogP contribution >= 0.6 is 0 Å². The molecular formula is C16H21NO4. The van der Waals surface area contributed by atoms with Crippen molar-refractivity contribution in [2.75, 3.05) is 19.0 Å². The van der Waals surface area contributed by atoms with Crippen molar-refractivity contribution in [2.45, 2.75) is 32.3 Å². The van der Waals surface area contributed by atoms with Crippen molar-refractivity contribution in [3.05, 3.63) is 29.8 Å². The van der Waals surface area contributed by atoms with E-state index in [-0.39, 0.29) is 11.9 Å². The fourth-order valence-corrected chi connectivity index (χ4v) is 2.49. The van der Waals surface area contributed by atoms with Crippen LogP contribution in [0.1, 0.15) is 36.5 Å². The van der Waals surface area contributed by atoms with Crippen LogP contribution in [0.25, 0.3) is 0 Å². The minimum absolute atomic E-state index is 0.000710. The van der Waals surface area contributed by atoms with Crippen LogP contribution in [0.2, 0.25) is 0 Å². The molecule has 5 nitrogen and oxygen atoms in total. The molecule has 1 aromatic carbocycles. The molecule has 114 valence electrons. The highest BCUT2D eigenvalue weighted by atomic mass is 16.5. The molecule has 1 N–H and O–H groups in total. The highest BCUT2D eigenvalue weighted by Crippen LogP contribution is 2.32. The second-order valence-electron chi connectivity index (χ2n) is 5.24. The monoisotopic (exact) mass is 291 g/mol. The van der Waals surface area contributed by atoms with Crippen molar-refractivity contribution in [3.63, 3.8) is 0 Å². The third-order valence-corrected chi connectivity index (χ3v) is 3.66. The van der Waals surface area contributed by atoms with Gasteiger partial charge in [-0.05, 0) is 49.9 Å². The summed E-state index contributed by atoms with van der Waals surface area (Å²) in [7, 11) is 1.34. The fourth-order valence-electron chi connectivity index (χ4n) is 2.49. The zero-order valence-electron chi connectivity index (χ0n) is 12.4. The van der Waals surface area contributed by atoms with Crippen LogP contribution in [-0.4, -0.2) is 31.7 Å². The summed E-state index contributed by atoms with van der Waals surface area (Å²) in [5.74, 6) is 0.0287. The Morgan fingerprint density at radius 3 is 2.48 bits per heavy atom. The Balaban J connectivity index is 1.77. The van der Waals surface area contributed by atoms with Gasteiger partial charge < -0.3 is 14.8 Å². The van der Waals surface area contributed by atoms with Crippen molar-refractivity contribution in [3.8, 4) is 0 Å². The van der Waals surface area contributed by atoms with Crippen LogP contribution in [0.4, 0.5) is 5.69 Å². The normalized spacial score (nSPS) is 20.5. The molecule has 0 atom stereocenters. The number of hydrogen-bond donors (Lipinski definition) is 1. The number of rotatable bonds is 6. The SMILES string of the molecule is CCOC1CC(CC(=O)Nc2ccc(C(=O)OC)cc2)C1. The first-order valence-corrected chi connectivity index (χ1v) is 7.22. The maximum atomic E-state index is 11.9. The van der Waals surface area contributed by atoms with E-state index in [0.29, 0.717) is 29.7 Å². The van der Waals surface area contributed by atoms with E-state index < -0.39 is 0 Å². The summed E-state index contributed by atoms with van der Waals surface area (Å²) < 4.78 is 10.1. The molecule has 0 aliphatic heterocycles. The predicted octanol–water partition coefficient (Wildman–Crippen LogP) is 2.62. The van der Waals surface area contributed by atoms with Crippen LogP contribution in [0, 0.1) is 5.92 Å². The minimum atomic E-state index is -0.385. The van der Waals surface area contributed by atoms with Gasteiger partial charge in [0.05, 0.1) is 18.8 Å². The van der Waals surface area contributed by atoms with Crippen LogP contribution in [0.15, 0.2) is 24.3 Å². The molecule has 1 aliphatic rings. The van der Waals surface area contributed by atoms with E-state index in [9.17, 15) is 9.59 Å². The van der Waals surface area contributed by atoms with Gasteiger partial charge in [0, 0.05) is 18.7 Å². The number of methoxy groups -OCH3 is 1. The lowest BCUT2D eigenvalue weighted by atomic mass is 9.80. The highest BCUT2D eigenvalue weighted by Gasteiger charge is 2.30. The van der Waals surface area contributed by atoms with E-state index in [1.807, 2.05) is 6.92 Å². The minimum Gasteiger partial charge on any atom is -0.465 e. The summed E-state index contributed by atoms with van der Waals surface area (Å²) in [5.41, 5.74) is 1.15. The first-order valence-electron chi connectivity index (χ1n) is 7.22. The lowest BCUT2D eigenvalue weighted by Crippen LogP contribution is -2.33. The summed E-state index contributed by atoms with van der Waals surface area (Å²) in [5, 5.41) is 2.84. The maximum absolute atomic E-state index is 11.9. The average Bonchev–Trinajstić information content (AvgIpc) is 2.45. The van der Waals surface area contributed by atoms with Gasteiger partial charge in [-0.25, -0.2) is 4.79 Å². The van der Waals surface area contributed by atoms with Crippen molar-refractivity contribution >= 4 is 17.6 Å². The van der Waals surface area contributed by atoms with Gasteiger partial charge in [-0.3, -0.25) is 4.79 Å². The zero-order chi connectivity index (χ0) is 15.2. The Morgan fingerprint density at radius 2 is 1.90 bits per heavy atom. The molecule has 0 spiro atoms. The Hall–Kier alpha value is -1.88. The highest BCUT2D eigenvalue weighted by molar-refractivity contribution is 5.93. The molecule has 0 heterocycles. The van der Waals surface area contributed by atoms with Gasteiger partial charge >= 0.3 is 5.97 Å². The quantitative estimate of drug-likeness (QED) is 0.818. The number of carbonyl (C=O) groups is 2. The number of amides is 1. The molecule has 5 heteroatoms. The summed E-state index contributed by atoms with van der Waals surface area (Å²) in [4.78, 5) is 23.2. The third-order valence-electron chi connectivity index (χ3n) is 3.66. The first kappa shape index (κ1) is 15.5. The van der Waals surface area contributed by atoms with E-state index in [0.717, 1.165) is 19.4 Å². The van der Waals surface area contributed by atoms with Gasteiger partial charge in [0.25, 0.3) is 0 Å². The number of anilines is 1.